The third-order valence-electron chi connectivity index (χ3n) is 2.83. The molecular formula is C12H5I3O4S. The van der Waals surface area contributed by atoms with Crippen molar-refractivity contribution in [3.8, 4) is 17.2 Å². The number of hydrogen-bond donors (Lipinski definition) is 1. The highest BCUT2D eigenvalue weighted by Crippen LogP contribution is 2.51. The lowest BCUT2D eigenvalue weighted by atomic mass is 10.3. The fourth-order valence-electron chi connectivity index (χ4n) is 1.92. The Morgan fingerprint density at radius 3 is 2.35 bits per heavy atom. The van der Waals surface area contributed by atoms with Crippen LogP contribution in [0.25, 0.3) is 0 Å². The first-order valence-corrected chi connectivity index (χ1v) is 9.99. The molecule has 0 spiro atoms. The quantitative estimate of drug-likeness (QED) is 0.301. The summed E-state index contributed by atoms with van der Waals surface area (Å²) in [5.74, 6) is 0.237. The summed E-state index contributed by atoms with van der Waals surface area (Å²) in [5, 5.41) is 10.2. The number of aromatic hydroxyl groups is 1. The second-order valence-electron chi connectivity index (χ2n) is 4.00. The van der Waals surface area contributed by atoms with E-state index in [0.717, 1.165) is 3.57 Å². The third kappa shape index (κ3) is 2.05. The van der Waals surface area contributed by atoms with E-state index in [1.165, 1.54) is 6.07 Å². The predicted molar refractivity (Wildman–Crippen MR) is 98.2 cm³/mol. The van der Waals surface area contributed by atoms with E-state index in [0.29, 0.717) is 7.14 Å². The van der Waals surface area contributed by atoms with Gasteiger partial charge in [0.2, 0.25) is 9.84 Å². The molecule has 20 heavy (non-hydrogen) atoms. The highest BCUT2D eigenvalue weighted by atomic mass is 127. The van der Waals surface area contributed by atoms with Crippen molar-refractivity contribution in [1.82, 2.24) is 0 Å². The van der Waals surface area contributed by atoms with Gasteiger partial charge < -0.3 is 9.84 Å². The van der Waals surface area contributed by atoms with E-state index in [1.54, 1.807) is 18.2 Å². The standard InChI is InChI=1S/C12H5I3O4S/c13-7-8(14)10(16)12-11(9(7)15)19-5-3-1-2-4-6(5)20(12,17)18/h1-4,16H. The van der Waals surface area contributed by atoms with Crippen LogP contribution in [0.1, 0.15) is 0 Å². The molecule has 0 saturated heterocycles. The highest BCUT2D eigenvalue weighted by Gasteiger charge is 2.37. The Balaban J connectivity index is 2.47. The van der Waals surface area contributed by atoms with Gasteiger partial charge in [-0.15, -0.1) is 0 Å². The molecule has 0 bridgehead atoms. The SMILES string of the molecule is O=S1(=O)c2ccccc2Oc2c(I)c(I)c(I)c(O)c21. The lowest BCUT2D eigenvalue weighted by Gasteiger charge is -2.23. The van der Waals surface area contributed by atoms with Gasteiger partial charge in [0, 0.05) is 3.57 Å². The number of rotatable bonds is 0. The second-order valence-corrected chi connectivity index (χ2v) is 9.09. The van der Waals surface area contributed by atoms with Crippen LogP contribution >= 0.6 is 67.8 Å². The molecule has 0 aliphatic carbocycles. The van der Waals surface area contributed by atoms with Crippen molar-refractivity contribution in [3.63, 3.8) is 0 Å². The van der Waals surface area contributed by atoms with Crippen LogP contribution in [0.5, 0.6) is 17.2 Å². The van der Waals surface area contributed by atoms with Crippen molar-refractivity contribution in [1.29, 1.82) is 0 Å². The van der Waals surface area contributed by atoms with Gasteiger partial charge >= 0.3 is 0 Å². The van der Waals surface area contributed by atoms with Crippen LogP contribution in [0.15, 0.2) is 34.1 Å². The molecular weight excluding hydrogens is 621 g/mol. The van der Waals surface area contributed by atoms with Gasteiger partial charge in [-0.1, -0.05) is 12.1 Å². The maximum absolute atomic E-state index is 12.7. The monoisotopic (exact) mass is 626 g/mol. The zero-order valence-electron chi connectivity index (χ0n) is 9.52. The zero-order valence-corrected chi connectivity index (χ0v) is 16.8. The summed E-state index contributed by atoms with van der Waals surface area (Å²) in [5.41, 5.74) is 0. The largest absolute Gasteiger partial charge is 0.505 e. The minimum absolute atomic E-state index is 0.0793. The van der Waals surface area contributed by atoms with Crippen LogP contribution in [-0.2, 0) is 9.84 Å². The molecule has 1 aliphatic heterocycles. The summed E-state index contributed by atoms with van der Waals surface area (Å²) in [6.07, 6.45) is 0. The number of sulfone groups is 1. The number of fused-ring (bicyclic) bond motifs is 2. The molecule has 0 aromatic heterocycles. The van der Waals surface area contributed by atoms with Crippen LogP contribution in [0.3, 0.4) is 0 Å². The van der Waals surface area contributed by atoms with E-state index in [2.05, 4.69) is 22.6 Å². The number of ether oxygens (including phenoxy) is 1. The van der Waals surface area contributed by atoms with Gasteiger partial charge in [0.15, 0.2) is 16.4 Å². The Labute approximate surface area is 156 Å². The Morgan fingerprint density at radius 2 is 1.65 bits per heavy atom. The number of phenols is 1. The molecule has 0 saturated carbocycles. The first-order chi connectivity index (χ1) is 9.35. The normalized spacial score (nSPS) is 15.2. The molecule has 3 rings (SSSR count). The van der Waals surface area contributed by atoms with E-state index >= 15 is 0 Å². The molecule has 2 aromatic carbocycles. The van der Waals surface area contributed by atoms with Gasteiger partial charge in [-0.05, 0) is 79.9 Å². The molecule has 4 nitrogen and oxygen atoms in total. The van der Waals surface area contributed by atoms with Crippen LogP contribution in [-0.4, -0.2) is 13.5 Å². The van der Waals surface area contributed by atoms with Gasteiger partial charge in [-0.25, -0.2) is 8.42 Å². The molecule has 1 heterocycles. The summed E-state index contributed by atoms with van der Waals surface area (Å²) in [6, 6.07) is 6.42. The van der Waals surface area contributed by atoms with Crippen molar-refractivity contribution >= 4 is 77.6 Å². The first kappa shape index (κ1) is 15.1. The molecule has 0 unspecified atom stereocenters. The van der Waals surface area contributed by atoms with Gasteiger partial charge in [0.05, 0.1) is 7.14 Å². The Kier molecular flexibility index (Phi) is 3.86. The number of hydrogen-bond acceptors (Lipinski definition) is 4. The molecule has 0 atom stereocenters. The molecule has 0 amide bonds. The smallest absolute Gasteiger partial charge is 0.217 e. The summed E-state index contributed by atoms with van der Waals surface area (Å²) >= 11 is 6.03. The van der Waals surface area contributed by atoms with Gasteiger partial charge in [-0.3, -0.25) is 0 Å². The predicted octanol–water partition coefficient (Wildman–Crippen LogP) is 4.14. The van der Waals surface area contributed by atoms with Gasteiger partial charge in [0.1, 0.15) is 10.6 Å². The van der Waals surface area contributed by atoms with Crippen molar-refractivity contribution in [3.05, 3.63) is 35.0 Å². The maximum Gasteiger partial charge on any atom is 0.217 e. The maximum atomic E-state index is 12.7. The Bertz CT molecular complexity index is 846. The van der Waals surface area contributed by atoms with E-state index in [9.17, 15) is 13.5 Å². The molecule has 104 valence electrons. The van der Waals surface area contributed by atoms with E-state index < -0.39 is 9.84 Å². The third-order valence-corrected chi connectivity index (χ3v) is 9.89. The molecule has 0 radical (unpaired) electrons. The molecule has 1 N–H and O–H groups in total. The van der Waals surface area contributed by atoms with Crippen LogP contribution in [0.4, 0.5) is 0 Å². The Hall–Kier alpha value is 0.180. The van der Waals surface area contributed by atoms with E-state index in [-0.39, 0.29) is 27.0 Å². The summed E-state index contributed by atoms with van der Waals surface area (Å²) < 4.78 is 33.0. The fraction of sp³-hybridized carbons (Fsp3) is 0. The summed E-state index contributed by atoms with van der Waals surface area (Å²) in [7, 11) is -3.78. The van der Waals surface area contributed by atoms with Crippen molar-refractivity contribution in [2.45, 2.75) is 9.79 Å². The minimum Gasteiger partial charge on any atom is -0.505 e. The lowest BCUT2D eigenvalue weighted by Crippen LogP contribution is -2.13. The topological polar surface area (TPSA) is 63.6 Å². The number of benzene rings is 2. The highest BCUT2D eigenvalue weighted by molar-refractivity contribution is 14.1. The summed E-state index contributed by atoms with van der Waals surface area (Å²) in [4.78, 5) is -0.0685. The molecule has 0 fully saturated rings. The number of para-hydroxylation sites is 1. The second kappa shape index (κ2) is 5.12. The minimum atomic E-state index is -3.78. The van der Waals surface area contributed by atoms with Crippen molar-refractivity contribution in [2.75, 3.05) is 0 Å². The Morgan fingerprint density at radius 1 is 1.00 bits per heavy atom. The van der Waals surface area contributed by atoms with Crippen LogP contribution in [0, 0.1) is 10.7 Å². The fourth-order valence-corrected chi connectivity index (χ4v) is 6.09. The van der Waals surface area contributed by atoms with E-state index in [1.807, 2.05) is 45.2 Å². The zero-order chi connectivity index (χ0) is 14.7. The molecule has 8 heteroatoms. The average Bonchev–Trinajstić information content (AvgIpc) is 2.42. The van der Waals surface area contributed by atoms with Crippen LogP contribution in [0.2, 0.25) is 0 Å². The van der Waals surface area contributed by atoms with Crippen molar-refractivity contribution < 1.29 is 18.3 Å². The average molecular weight is 626 g/mol. The first-order valence-electron chi connectivity index (χ1n) is 5.27. The summed E-state index contributed by atoms with van der Waals surface area (Å²) in [6.45, 7) is 0. The lowest BCUT2D eigenvalue weighted by molar-refractivity contribution is 0.408. The van der Waals surface area contributed by atoms with Crippen molar-refractivity contribution in [2.24, 2.45) is 0 Å². The van der Waals surface area contributed by atoms with Crippen LogP contribution < -0.4 is 4.74 Å². The van der Waals surface area contributed by atoms with Gasteiger partial charge in [0.25, 0.3) is 0 Å². The number of phenolic OH excluding ortho intramolecular Hbond substituents is 1. The van der Waals surface area contributed by atoms with E-state index in [4.69, 9.17) is 4.74 Å². The molecule has 2 aromatic rings. The number of halogens is 3. The molecule has 1 aliphatic rings. The van der Waals surface area contributed by atoms with Gasteiger partial charge in [-0.2, -0.15) is 0 Å².